The molecule has 12 heteroatoms. The fourth-order valence-corrected chi connectivity index (χ4v) is 5.85. The fraction of sp³-hybridized carbons (Fsp3) is 0.375. The molecule has 36 heavy (non-hydrogen) atoms. The molecule has 5 rings (SSSR count). The van der Waals surface area contributed by atoms with Crippen LogP contribution in [0, 0.1) is 0 Å². The molecule has 2 aliphatic heterocycles. The molecule has 1 aromatic carbocycles. The van der Waals surface area contributed by atoms with Gasteiger partial charge in [0.05, 0.1) is 30.2 Å². The summed E-state index contributed by atoms with van der Waals surface area (Å²) in [7, 11) is 1.49. The molecule has 2 aromatic heterocycles. The number of nitrogens with zero attached hydrogens (tertiary/aromatic N) is 5. The minimum Gasteiger partial charge on any atom is -0.481 e. The van der Waals surface area contributed by atoms with E-state index in [1.807, 2.05) is 10.3 Å². The Balaban J connectivity index is 1.12. The molecule has 188 valence electrons. The quantitative estimate of drug-likeness (QED) is 0.414. The second kappa shape index (κ2) is 11.0. The van der Waals surface area contributed by atoms with Gasteiger partial charge in [0.1, 0.15) is 5.71 Å². The minimum absolute atomic E-state index is 0.0573. The van der Waals surface area contributed by atoms with Gasteiger partial charge in [-0.15, -0.1) is 11.3 Å². The highest BCUT2D eigenvalue weighted by Crippen LogP contribution is 2.39. The van der Waals surface area contributed by atoms with Crippen LogP contribution in [0.1, 0.15) is 47.5 Å². The maximum atomic E-state index is 12.6. The van der Waals surface area contributed by atoms with Crippen LogP contribution in [-0.4, -0.2) is 58.3 Å². The molecule has 3 aromatic rings. The van der Waals surface area contributed by atoms with Crippen molar-refractivity contribution in [1.29, 1.82) is 0 Å². The number of rotatable bonds is 7. The average molecular weight is 548 g/mol. The van der Waals surface area contributed by atoms with E-state index >= 15 is 0 Å². The van der Waals surface area contributed by atoms with Crippen molar-refractivity contribution in [2.75, 3.05) is 26.8 Å². The van der Waals surface area contributed by atoms with Crippen molar-refractivity contribution in [2.45, 2.75) is 31.3 Å². The van der Waals surface area contributed by atoms with Crippen LogP contribution in [0.5, 0.6) is 11.8 Å². The van der Waals surface area contributed by atoms with E-state index < -0.39 is 0 Å². The van der Waals surface area contributed by atoms with Crippen LogP contribution in [0.4, 0.5) is 0 Å². The van der Waals surface area contributed by atoms with Crippen LogP contribution in [0.3, 0.4) is 0 Å². The zero-order chi connectivity index (χ0) is 25.1. The second-order valence-corrected chi connectivity index (χ2v) is 10.1. The topological polar surface area (TPSA) is 99.0 Å². The van der Waals surface area contributed by atoms with E-state index in [0.29, 0.717) is 41.2 Å². The largest absolute Gasteiger partial charge is 0.481 e. The van der Waals surface area contributed by atoms with E-state index in [0.717, 1.165) is 34.8 Å². The lowest BCUT2D eigenvalue weighted by atomic mass is 9.97. The molecule has 0 N–H and O–H groups in total. The molecule has 2 aliphatic rings. The van der Waals surface area contributed by atoms with E-state index in [1.54, 1.807) is 29.5 Å². The summed E-state index contributed by atoms with van der Waals surface area (Å²) in [5.74, 6) is 0.651. The number of oxime groups is 1. The number of amides is 1. The summed E-state index contributed by atoms with van der Waals surface area (Å²) in [6, 6.07) is 5.64. The molecule has 4 heterocycles. The number of carbonyl (C=O) groups excluding carboxylic acids is 1. The molecule has 9 nitrogen and oxygen atoms in total. The number of thiazole rings is 1. The maximum Gasteiger partial charge on any atom is 0.316 e. The molecular formula is C24H23Cl2N5O4S. The lowest BCUT2D eigenvalue weighted by molar-refractivity contribution is -0.134. The molecular weight excluding hydrogens is 525 g/mol. The molecule has 1 amide bonds. The van der Waals surface area contributed by atoms with Crippen molar-refractivity contribution < 1.29 is 19.1 Å². The number of carbonyl (C=O) groups is 1. The number of methoxy groups -OCH3 is 1. The molecule has 0 radical (unpaired) electrons. The van der Waals surface area contributed by atoms with Crippen molar-refractivity contribution in [1.82, 2.24) is 19.9 Å². The highest BCUT2D eigenvalue weighted by atomic mass is 35.5. The third kappa shape index (κ3) is 5.40. The summed E-state index contributed by atoms with van der Waals surface area (Å²) in [5.41, 5.74) is 2.34. The van der Waals surface area contributed by atoms with Crippen LogP contribution in [0.15, 0.2) is 41.1 Å². The lowest BCUT2D eigenvalue weighted by Crippen LogP contribution is -2.40. The Bertz CT molecular complexity index is 1240. The Kier molecular flexibility index (Phi) is 7.54. The molecule has 1 unspecified atom stereocenters. The SMILES string of the molecule is COc1ncc(OCC(=O)N2CCC(c3nc(C4=NOC(c5c(Cl)cccc5Cl)C4)cs3)CC2)cn1. The van der Waals surface area contributed by atoms with Crippen LogP contribution in [-0.2, 0) is 9.63 Å². The number of aromatic nitrogens is 3. The Hall–Kier alpha value is -2.95. The number of likely N-dealkylation sites (tertiary alicyclic amines) is 1. The number of hydrogen-bond acceptors (Lipinski definition) is 9. The first-order valence-electron chi connectivity index (χ1n) is 11.4. The van der Waals surface area contributed by atoms with E-state index in [-0.39, 0.29) is 24.6 Å². The Morgan fingerprint density at radius 2 is 1.92 bits per heavy atom. The minimum atomic E-state index is -0.327. The molecule has 0 spiro atoms. The Morgan fingerprint density at radius 1 is 1.19 bits per heavy atom. The summed E-state index contributed by atoms with van der Waals surface area (Å²) in [6.07, 6.45) is 4.87. The molecule has 1 atom stereocenters. The molecule has 1 fully saturated rings. The summed E-state index contributed by atoms with van der Waals surface area (Å²) < 4.78 is 10.4. The summed E-state index contributed by atoms with van der Waals surface area (Å²) in [6.45, 7) is 1.24. The van der Waals surface area contributed by atoms with E-state index in [4.69, 9.17) is 42.5 Å². The number of hydrogen-bond donors (Lipinski definition) is 0. The van der Waals surface area contributed by atoms with E-state index in [1.165, 1.54) is 19.5 Å². The van der Waals surface area contributed by atoms with Gasteiger partial charge in [-0.25, -0.2) is 4.98 Å². The summed E-state index contributed by atoms with van der Waals surface area (Å²) >= 11 is 14.3. The zero-order valence-electron chi connectivity index (χ0n) is 19.4. The standard InChI is InChI=1S/C24H23Cl2N5O4S/c1-33-24-27-10-15(11-28-24)34-12-21(32)31-7-5-14(6-8-31)23-29-19(13-36-23)18-9-20(35-30-18)22-16(25)3-2-4-17(22)26/h2-4,10-11,13-14,20H,5-9,12H2,1H3. The van der Waals surface area contributed by atoms with Gasteiger partial charge in [-0.1, -0.05) is 34.4 Å². The third-order valence-corrected chi connectivity index (χ3v) is 7.82. The first kappa shape index (κ1) is 24.7. The Labute approximate surface area is 222 Å². The summed E-state index contributed by atoms with van der Waals surface area (Å²) in [5, 5.41) is 8.44. The fourth-order valence-electron chi connectivity index (χ4n) is 4.21. The van der Waals surface area contributed by atoms with Crippen molar-refractivity contribution in [3.63, 3.8) is 0 Å². The van der Waals surface area contributed by atoms with Gasteiger partial charge in [0.15, 0.2) is 18.5 Å². The predicted octanol–water partition coefficient (Wildman–Crippen LogP) is 4.90. The molecule has 0 aliphatic carbocycles. The van der Waals surface area contributed by atoms with E-state index in [2.05, 4.69) is 15.1 Å². The second-order valence-electron chi connectivity index (χ2n) is 8.39. The highest BCUT2D eigenvalue weighted by Gasteiger charge is 2.30. The van der Waals surface area contributed by atoms with E-state index in [9.17, 15) is 4.79 Å². The van der Waals surface area contributed by atoms with Crippen LogP contribution >= 0.6 is 34.5 Å². The monoisotopic (exact) mass is 547 g/mol. The van der Waals surface area contributed by atoms with Crippen molar-refractivity contribution in [3.05, 3.63) is 62.3 Å². The lowest BCUT2D eigenvalue weighted by Gasteiger charge is -2.31. The highest BCUT2D eigenvalue weighted by molar-refractivity contribution is 7.10. The van der Waals surface area contributed by atoms with Gasteiger partial charge in [0.25, 0.3) is 5.91 Å². The maximum absolute atomic E-state index is 12.6. The summed E-state index contributed by atoms with van der Waals surface area (Å²) in [4.78, 5) is 32.8. The van der Waals surface area contributed by atoms with Crippen molar-refractivity contribution >= 4 is 46.2 Å². The normalized spacial score (nSPS) is 18.0. The molecule has 0 saturated carbocycles. The van der Waals surface area contributed by atoms with Gasteiger partial charge in [0, 0.05) is 46.4 Å². The smallest absolute Gasteiger partial charge is 0.316 e. The Morgan fingerprint density at radius 3 is 2.61 bits per heavy atom. The van der Waals surface area contributed by atoms with Gasteiger partial charge in [-0.3, -0.25) is 4.79 Å². The van der Waals surface area contributed by atoms with Gasteiger partial charge in [-0.2, -0.15) is 9.97 Å². The first-order chi connectivity index (χ1) is 17.5. The van der Waals surface area contributed by atoms with Gasteiger partial charge in [-0.05, 0) is 25.0 Å². The number of ether oxygens (including phenoxy) is 2. The van der Waals surface area contributed by atoms with Crippen molar-refractivity contribution in [2.24, 2.45) is 5.16 Å². The zero-order valence-corrected chi connectivity index (χ0v) is 21.7. The molecule has 0 bridgehead atoms. The van der Waals surface area contributed by atoms with Gasteiger partial charge >= 0.3 is 6.01 Å². The number of benzene rings is 1. The van der Waals surface area contributed by atoms with Crippen LogP contribution < -0.4 is 9.47 Å². The third-order valence-electron chi connectivity index (χ3n) is 6.15. The average Bonchev–Trinajstić information content (AvgIpc) is 3.58. The number of piperidine rings is 1. The van der Waals surface area contributed by atoms with Crippen LogP contribution in [0.25, 0.3) is 0 Å². The number of halogens is 2. The predicted molar refractivity (Wildman–Crippen MR) is 136 cm³/mol. The molecule has 1 saturated heterocycles. The van der Waals surface area contributed by atoms with Crippen molar-refractivity contribution in [3.8, 4) is 11.8 Å². The van der Waals surface area contributed by atoms with Gasteiger partial charge in [0.2, 0.25) is 0 Å². The van der Waals surface area contributed by atoms with Crippen LogP contribution in [0.2, 0.25) is 10.0 Å². The van der Waals surface area contributed by atoms with Gasteiger partial charge < -0.3 is 19.2 Å². The first-order valence-corrected chi connectivity index (χ1v) is 13.0.